The van der Waals surface area contributed by atoms with Crippen LogP contribution in [0.5, 0.6) is 5.75 Å². The average Bonchev–Trinajstić information content (AvgIpc) is 2.98. The quantitative estimate of drug-likeness (QED) is 0.655. The van der Waals surface area contributed by atoms with Crippen molar-refractivity contribution in [1.82, 2.24) is 15.5 Å². The van der Waals surface area contributed by atoms with Crippen LogP contribution in [0.25, 0.3) is 0 Å². The second kappa shape index (κ2) is 8.66. The van der Waals surface area contributed by atoms with E-state index in [0.717, 1.165) is 11.0 Å². The Labute approximate surface area is 176 Å². The fourth-order valence-corrected chi connectivity index (χ4v) is 3.40. The molecular weight excluding hydrogens is 415 g/mol. The van der Waals surface area contributed by atoms with Gasteiger partial charge in [0.05, 0.1) is 0 Å². The molecule has 4 amide bonds. The number of alkyl halides is 3. The SMILES string of the molecule is CCC1(c2ccccc2)NC(=O)N(CC(=O)NCc2ccccc2OC(F)(F)F)C1=O. The van der Waals surface area contributed by atoms with Crippen molar-refractivity contribution >= 4 is 17.8 Å². The Kier molecular flexibility index (Phi) is 6.19. The number of hydrogen-bond acceptors (Lipinski definition) is 4. The highest BCUT2D eigenvalue weighted by atomic mass is 19.4. The van der Waals surface area contributed by atoms with Gasteiger partial charge in [0.2, 0.25) is 5.91 Å². The predicted molar refractivity (Wildman–Crippen MR) is 104 cm³/mol. The number of hydrogen-bond donors (Lipinski definition) is 2. The van der Waals surface area contributed by atoms with Gasteiger partial charge in [0.1, 0.15) is 17.8 Å². The molecular formula is C21H20F3N3O4. The Morgan fingerprint density at radius 2 is 1.74 bits per heavy atom. The number of ether oxygens (including phenoxy) is 1. The molecule has 3 rings (SSSR count). The molecule has 31 heavy (non-hydrogen) atoms. The maximum atomic E-state index is 13.0. The maximum absolute atomic E-state index is 13.0. The van der Waals surface area contributed by atoms with Crippen molar-refractivity contribution in [2.75, 3.05) is 6.54 Å². The third kappa shape index (κ3) is 4.79. The summed E-state index contributed by atoms with van der Waals surface area (Å²) in [5.74, 6) is -1.72. The van der Waals surface area contributed by atoms with Crippen LogP contribution < -0.4 is 15.4 Å². The summed E-state index contributed by atoms with van der Waals surface area (Å²) < 4.78 is 41.5. The summed E-state index contributed by atoms with van der Waals surface area (Å²) in [6.45, 7) is 0.903. The summed E-state index contributed by atoms with van der Waals surface area (Å²) in [5, 5.41) is 5.08. The molecule has 2 aromatic carbocycles. The van der Waals surface area contributed by atoms with Crippen LogP contribution in [-0.2, 0) is 21.7 Å². The van der Waals surface area contributed by atoms with Gasteiger partial charge in [0.15, 0.2) is 0 Å². The van der Waals surface area contributed by atoms with Crippen LogP contribution >= 0.6 is 0 Å². The molecule has 1 atom stereocenters. The molecule has 2 N–H and O–H groups in total. The summed E-state index contributed by atoms with van der Waals surface area (Å²) in [6.07, 6.45) is -4.59. The molecule has 1 heterocycles. The van der Waals surface area contributed by atoms with Crippen LogP contribution in [-0.4, -0.2) is 35.7 Å². The van der Waals surface area contributed by atoms with Gasteiger partial charge in [-0.25, -0.2) is 4.79 Å². The highest BCUT2D eigenvalue weighted by molar-refractivity contribution is 6.09. The van der Waals surface area contributed by atoms with Crippen LogP contribution in [0, 0.1) is 0 Å². The van der Waals surface area contributed by atoms with E-state index in [1.807, 2.05) is 0 Å². The number of carbonyl (C=O) groups is 3. The Morgan fingerprint density at radius 3 is 2.39 bits per heavy atom. The highest BCUT2D eigenvalue weighted by Crippen LogP contribution is 2.32. The van der Waals surface area contributed by atoms with Gasteiger partial charge in [0.25, 0.3) is 5.91 Å². The second-order valence-corrected chi connectivity index (χ2v) is 6.88. The van der Waals surface area contributed by atoms with Crippen molar-refractivity contribution < 1.29 is 32.3 Å². The predicted octanol–water partition coefficient (Wildman–Crippen LogP) is 3.06. The molecule has 1 aliphatic rings. The summed E-state index contributed by atoms with van der Waals surface area (Å²) in [6, 6.07) is 13.3. The van der Waals surface area contributed by atoms with E-state index in [-0.39, 0.29) is 18.5 Å². The number of rotatable bonds is 7. The fourth-order valence-electron chi connectivity index (χ4n) is 3.40. The number of nitrogens with zero attached hydrogens (tertiary/aromatic N) is 1. The van der Waals surface area contributed by atoms with E-state index in [4.69, 9.17) is 0 Å². The Bertz CT molecular complexity index is 981. The van der Waals surface area contributed by atoms with E-state index < -0.39 is 42.0 Å². The zero-order chi connectivity index (χ0) is 22.6. The first-order chi connectivity index (χ1) is 14.7. The molecule has 0 spiro atoms. The molecule has 1 saturated heterocycles. The van der Waals surface area contributed by atoms with E-state index >= 15 is 0 Å². The number of benzene rings is 2. The van der Waals surface area contributed by atoms with Crippen molar-refractivity contribution in [2.24, 2.45) is 0 Å². The molecule has 2 aromatic rings. The van der Waals surface area contributed by atoms with Crippen molar-refractivity contribution in [3.05, 3.63) is 65.7 Å². The minimum absolute atomic E-state index is 0.0950. The zero-order valence-corrected chi connectivity index (χ0v) is 16.5. The van der Waals surface area contributed by atoms with Gasteiger partial charge in [-0.15, -0.1) is 13.2 Å². The Hall–Kier alpha value is -3.56. The van der Waals surface area contributed by atoms with Gasteiger partial charge < -0.3 is 15.4 Å². The first-order valence-corrected chi connectivity index (χ1v) is 9.46. The zero-order valence-electron chi connectivity index (χ0n) is 16.5. The van der Waals surface area contributed by atoms with Gasteiger partial charge in [-0.05, 0) is 18.1 Å². The van der Waals surface area contributed by atoms with Crippen molar-refractivity contribution in [3.8, 4) is 5.75 Å². The monoisotopic (exact) mass is 435 g/mol. The third-order valence-electron chi connectivity index (χ3n) is 4.95. The van der Waals surface area contributed by atoms with Gasteiger partial charge in [0, 0.05) is 12.1 Å². The number of amides is 4. The molecule has 10 heteroatoms. The molecule has 1 unspecified atom stereocenters. The molecule has 0 saturated carbocycles. The Balaban J connectivity index is 1.68. The molecule has 1 fully saturated rings. The summed E-state index contributed by atoms with van der Waals surface area (Å²) in [5.41, 5.74) is -0.583. The largest absolute Gasteiger partial charge is 0.573 e. The first kappa shape index (κ1) is 22.1. The molecule has 164 valence electrons. The lowest BCUT2D eigenvalue weighted by Gasteiger charge is -2.25. The van der Waals surface area contributed by atoms with Crippen LogP contribution in [0.2, 0.25) is 0 Å². The van der Waals surface area contributed by atoms with Crippen molar-refractivity contribution in [1.29, 1.82) is 0 Å². The van der Waals surface area contributed by atoms with Gasteiger partial charge in [-0.3, -0.25) is 14.5 Å². The number of imide groups is 1. The molecule has 0 aromatic heterocycles. The van der Waals surface area contributed by atoms with Crippen LogP contribution in [0.1, 0.15) is 24.5 Å². The molecule has 0 bridgehead atoms. The van der Waals surface area contributed by atoms with E-state index in [9.17, 15) is 27.6 Å². The van der Waals surface area contributed by atoms with Crippen LogP contribution in [0.4, 0.5) is 18.0 Å². The van der Waals surface area contributed by atoms with Gasteiger partial charge >= 0.3 is 12.4 Å². The highest BCUT2D eigenvalue weighted by Gasteiger charge is 2.51. The van der Waals surface area contributed by atoms with Gasteiger partial charge in [-0.1, -0.05) is 55.5 Å². The smallest absolute Gasteiger partial charge is 0.405 e. The second-order valence-electron chi connectivity index (χ2n) is 6.88. The number of nitrogens with one attached hydrogen (secondary N) is 2. The van der Waals surface area contributed by atoms with E-state index in [1.54, 1.807) is 37.3 Å². The van der Waals surface area contributed by atoms with Crippen molar-refractivity contribution in [2.45, 2.75) is 31.8 Å². The standard InChI is InChI=1S/C21H20F3N3O4/c1-2-20(15-9-4-3-5-10-15)18(29)27(19(30)26-20)13-17(28)25-12-14-8-6-7-11-16(14)31-21(22,23)24/h3-11H,2,12-13H2,1H3,(H,25,28)(H,26,30). The number of carbonyl (C=O) groups excluding carboxylic acids is 3. The molecule has 1 aliphatic heterocycles. The lowest BCUT2D eigenvalue weighted by atomic mass is 9.87. The van der Waals surface area contributed by atoms with E-state index in [2.05, 4.69) is 15.4 Å². The minimum atomic E-state index is -4.87. The summed E-state index contributed by atoms with van der Waals surface area (Å²) in [7, 11) is 0. The topological polar surface area (TPSA) is 87.7 Å². The maximum Gasteiger partial charge on any atom is 0.573 e. The number of urea groups is 1. The van der Waals surface area contributed by atoms with E-state index in [1.165, 1.54) is 18.2 Å². The summed E-state index contributed by atoms with van der Waals surface area (Å²) >= 11 is 0. The summed E-state index contributed by atoms with van der Waals surface area (Å²) in [4.78, 5) is 38.6. The van der Waals surface area contributed by atoms with Crippen molar-refractivity contribution in [3.63, 3.8) is 0 Å². The first-order valence-electron chi connectivity index (χ1n) is 9.46. The lowest BCUT2D eigenvalue weighted by Crippen LogP contribution is -2.44. The van der Waals surface area contributed by atoms with E-state index in [0.29, 0.717) is 5.56 Å². The molecule has 0 aliphatic carbocycles. The number of para-hydroxylation sites is 1. The van der Waals surface area contributed by atoms with Crippen LogP contribution in [0.3, 0.4) is 0 Å². The average molecular weight is 435 g/mol. The fraction of sp³-hybridized carbons (Fsp3) is 0.286. The molecule has 0 radical (unpaired) electrons. The lowest BCUT2D eigenvalue weighted by molar-refractivity contribution is -0.274. The molecule has 7 nitrogen and oxygen atoms in total. The normalized spacial score (nSPS) is 18.6. The number of halogens is 3. The minimum Gasteiger partial charge on any atom is -0.405 e. The van der Waals surface area contributed by atoms with Gasteiger partial charge in [-0.2, -0.15) is 0 Å². The third-order valence-corrected chi connectivity index (χ3v) is 4.95. The Morgan fingerprint density at radius 1 is 1.10 bits per heavy atom. The van der Waals surface area contributed by atoms with Crippen LogP contribution in [0.15, 0.2) is 54.6 Å².